The molecule has 1 aromatic heterocycles. The molecule has 1 heterocycles. The summed E-state index contributed by atoms with van der Waals surface area (Å²) in [6.07, 6.45) is 3.04. The highest BCUT2D eigenvalue weighted by Crippen LogP contribution is 2.27. The highest BCUT2D eigenvalue weighted by Gasteiger charge is 2.07. The van der Waals surface area contributed by atoms with E-state index in [2.05, 4.69) is 15.3 Å². The van der Waals surface area contributed by atoms with Crippen LogP contribution in [0.25, 0.3) is 11.4 Å². The SMILES string of the molecule is CC(=O)Nc1cnc(-c2ccc(Cl)cc2Cl)nc1. The summed E-state index contributed by atoms with van der Waals surface area (Å²) in [5.41, 5.74) is 1.23. The molecule has 0 saturated carbocycles. The van der Waals surface area contributed by atoms with E-state index < -0.39 is 0 Å². The molecule has 0 saturated heterocycles. The lowest BCUT2D eigenvalue weighted by atomic mass is 10.2. The van der Waals surface area contributed by atoms with E-state index in [0.29, 0.717) is 27.1 Å². The number of amides is 1. The summed E-state index contributed by atoms with van der Waals surface area (Å²) >= 11 is 11.9. The Bertz CT molecular complexity index is 584. The Morgan fingerprint density at radius 1 is 1.22 bits per heavy atom. The van der Waals surface area contributed by atoms with Gasteiger partial charge in [0.15, 0.2) is 5.82 Å². The molecule has 0 spiro atoms. The van der Waals surface area contributed by atoms with Crippen molar-refractivity contribution in [1.82, 2.24) is 9.97 Å². The number of rotatable bonds is 2. The molecule has 0 atom stereocenters. The lowest BCUT2D eigenvalue weighted by Gasteiger charge is -2.05. The highest BCUT2D eigenvalue weighted by molar-refractivity contribution is 6.36. The van der Waals surface area contributed by atoms with E-state index in [-0.39, 0.29) is 5.91 Å². The molecule has 1 N–H and O–H groups in total. The zero-order valence-electron chi connectivity index (χ0n) is 9.45. The largest absolute Gasteiger partial charge is 0.324 e. The van der Waals surface area contributed by atoms with Crippen LogP contribution in [0.4, 0.5) is 5.69 Å². The molecule has 4 nitrogen and oxygen atoms in total. The Balaban J connectivity index is 2.31. The topological polar surface area (TPSA) is 54.9 Å². The van der Waals surface area contributed by atoms with Gasteiger partial charge in [0.05, 0.1) is 23.1 Å². The van der Waals surface area contributed by atoms with Crippen molar-refractivity contribution in [2.45, 2.75) is 6.92 Å². The maximum Gasteiger partial charge on any atom is 0.221 e. The minimum Gasteiger partial charge on any atom is -0.324 e. The average molecular weight is 282 g/mol. The smallest absolute Gasteiger partial charge is 0.221 e. The van der Waals surface area contributed by atoms with Crippen molar-refractivity contribution < 1.29 is 4.79 Å². The van der Waals surface area contributed by atoms with Crippen LogP contribution in [0.2, 0.25) is 10.0 Å². The van der Waals surface area contributed by atoms with E-state index in [4.69, 9.17) is 23.2 Å². The Morgan fingerprint density at radius 2 is 1.89 bits per heavy atom. The van der Waals surface area contributed by atoms with Crippen LogP contribution in [0.15, 0.2) is 30.6 Å². The maximum absolute atomic E-state index is 10.9. The third kappa shape index (κ3) is 2.97. The number of anilines is 1. The molecule has 6 heteroatoms. The molecule has 1 aromatic carbocycles. The van der Waals surface area contributed by atoms with Crippen molar-refractivity contribution in [2.24, 2.45) is 0 Å². The first kappa shape index (κ1) is 12.8. The zero-order chi connectivity index (χ0) is 13.1. The fourth-order valence-corrected chi connectivity index (χ4v) is 1.90. The van der Waals surface area contributed by atoms with E-state index in [1.807, 2.05) is 0 Å². The zero-order valence-corrected chi connectivity index (χ0v) is 11.0. The summed E-state index contributed by atoms with van der Waals surface area (Å²) in [6, 6.07) is 5.09. The van der Waals surface area contributed by atoms with Crippen molar-refractivity contribution >= 4 is 34.8 Å². The molecule has 0 unspecified atom stereocenters. The molecule has 0 aliphatic heterocycles. The normalized spacial score (nSPS) is 10.2. The van der Waals surface area contributed by atoms with Gasteiger partial charge >= 0.3 is 0 Å². The number of aromatic nitrogens is 2. The summed E-state index contributed by atoms with van der Waals surface area (Å²) in [5.74, 6) is 0.307. The van der Waals surface area contributed by atoms with E-state index in [9.17, 15) is 4.79 Å². The van der Waals surface area contributed by atoms with Gasteiger partial charge < -0.3 is 5.32 Å². The number of benzene rings is 1. The van der Waals surface area contributed by atoms with Crippen molar-refractivity contribution in [3.63, 3.8) is 0 Å². The van der Waals surface area contributed by atoms with E-state index >= 15 is 0 Å². The standard InChI is InChI=1S/C12H9Cl2N3O/c1-7(18)17-9-5-15-12(16-6-9)10-3-2-8(13)4-11(10)14/h2-6H,1H3,(H,17,18). The molecular formula is C12H9Cl2N3O. The first-order chi connectivity index (χ1) is 8.56. The Kier molecular flexibility index (Phi) is 3.79. The maximum atomic E-state index is 10.9. The summed E-state index contributed by atoms with van der Waals surface area (Å²) in [4.78, 5) is 19.1. The van der Waals surface area contributed by atoms with Crippen molar-refractivity contribution in [3.05, 3.63) is 40.6 Å². The number of carbonyl (C=O) groups excluding carboxylic acids is 1. The fraction of sp³-hybridized carbons (Fsp3) is 0.0833. The molecule has 0 bridgehead atoms. The molecule has 2 aromatic rings. The van der Waals surface area contributed by atoms with Crippen LogP contribution >= 0.6 is 23.2 Å². The number of nitrogens with one attached hydrogen (secondary N) is 1. The average Bonchev–Trinajstić information content (AvgIpc) is 2.30. The first-order valence-electron chi connectivity index (χ1n) is 5.11. The highest BCUT2D eigenvalue weighted by atomic mass is 35.5. The fourth-order valence-electron chi connectivity index (χ4n) is 1.41. The minimum atomic E-state index is -0.170. The minimum absolute atomic E-state index is 0.170. The second kappa shape index (κ2) is 5.33. The third-order valence-corrected chi connectivity index (χ3v) is 2.69. The van der Waals surface area contributed by atoms with Crippen molar-refractivity contribution in [2.75, 3.05) is 5.32 Å². The van der Waals surface area contributed by atoms with Crippen LogP contribution in [0.3, 0.4) is 0 Å². The van der Waals surface area contributed by atoms with Crippen LogP contribution in [-0.4, -0.2) is 15.9 Å². The molecule has 2 rings (SSSR count). The first-order valence-corrected chi connectivity index (χ1v) is 5.87. The van der Waals surface area contributed by atoms with Gasteiger partial charge in [0, 0.05) is 17.5 Å². The number of halogens is 2. The Labute approximate surface area is 114 Å². The second-order valence-electron chi connectivity index (χ2n) is 3.60. The quantitative estimate of drug-likeness (QED) is 0.918. The van der Waals surface area contributed by atoms with Crippen LogP contribution < -0.4 is 5.32 Å². The van der Waals surface area contributed by atoms with Gasteiger partial charge in [-0.05, 0) is 18.2 Å². The lowest BCUT2D eigenvalue weighted by Crippen LogP contribution is -2.06. The number of hydrogen-bond donors (Lipinski definition) is 1. The van der Waals surface area contributed by atoms with Gasteiger partial charge in [-0.1, -0.05) is 23.2 Å². The number of hydrogen-bond acceptors (Lipinski definition) is 3. The molecule has 0 radical (unpaired) electrons. The number of nitrogens with zero attached hydrogens (tertiary/aromatic N) is 2. The summed E-state index contributed by atoms with van der Waals surface area (Å²) < 4.78 is 0. The Hall–Kier alpha value is -1.65. The van der Waals surface area contributed by atoms with Gasteiger partial charge in [0.2, 0.25) is 5.91 Å². The van der Waals surface area contributed by atoms with E-state index in [1.54, 1.807) is 18.2 Å². The van der Waals surface area contributed by atoms with Gasteiger partial charge in [-0.3, -0.25) is 4.79 Å². The van der Waals surface area contributed by atoms with Gasteiger partial charge in [0.25, 0.3) is 0 Å². The van der Waals surface area contributed by atoms with Gasteiger partial charge in [0.1, 0.15) is 0 Å². The van der Waals surface area contributed by atoms with E-state index in [0.717, 1.165) is 0 Å². The van der Waals surface area contributed by atoms with Crippen molar-refractivity contribution in [1.29, 1.82) is 0 Å². The molecule has 92 valence electrons. The third-order valence-electron chi connectivity index (χ3n) is 2.14. The molecule has 0 aliphatic rings. The second-order valence-corrected chi connectivity index (χ2v) is 4.44. The monoisotopic (exact) mass is 281 g/mol. The lowest BCUT2D eigenvalue weighted by molar-refractivity contribution is -0.114. The number of carbonyl (C=O) groups is 1. The molecule has 1 amide bonds. The predicted molar refractivity (Wildman–Crippen MR) is 71.8 cm³/mol. The summed E-state index contributed by atoms with van der Waals surface area (Å²) in [5, 5.41) is 3.62. The van der Waals surface area contributed by atoms with Gasteiger partial charge in [-0.25, -0.2) is 9.97 Å². The molecular weight excluding hydrogens is 273 g/mol. The summed E-state index contributed by atoms with van der Waals surface area (Å²) in [6.45, 7) is 1.42. The molecule has 0 fully saturated rings. The van der Waals surface area contributed by atoms with Crippen LogP contribution in [0.5, 0.6) is 0 Å². The van der Waals surface area contributed by atoms with Crippen LogP contribution in [0.1, 0.15) is 6.92 Å². The summed E-state index contributed by atoms with van der Waals surface area (Å²) in [7, 11) is 0. The van der Waals surface area contributed by atoms with Gasteiger partial charge in [-0.2, -0.15) is 0 Å². The molecule has 0 aliphatic carbocycles. The van der Waals surface area contributed by atoms with Crippen molar-refractivity contribution in [3.8, 4) is 11.4 Å². The van der Waals surface area contributed by atoms with E-state index in [1.165, 1.54) is 19.3 Å². The molecule has 18 heavy (non-hydrogen) atoms. The van der Waals surface area contributed by atoms with Gasteiger partial charge in [-0.15, -0.1) is 0 Å². The van der Waals surface area contributed by atoms with Crippen LogP contribution in [0, 0.1) is 0 Å². The predicted octanol–water partition coefficient (Wildman–Crippen LogP) is 3.41. The van der Waals surface area contributed by atoms with Crippen LogP contribution in [-0.2, 0) is 4.79 Å². The Morgan fingerprint density at radius 3 is 2.44 bits per heavy atom.